The van der Waals surface area contributed by atoms with Crippen LogP contribution in [-0.2, 0) is 27.5 Å². The minimum Gasteiger partial charge on any atom is -0.351 e. The molecule has 1 atom stereocenters. The van der Waals surface area contributed by atoms with Gasteiger partial charge in [0.2, 0.25) is 15.9 Å². The molecule has 0 saturated carbocycles. The van der Waals surface area contributed by atoms with Crippen LogP contribution in [0.1, 0.15) is 29.4 Å². The molecule has 7 nitrogen and oxygen atoms in total. The van der Waals surface area contributed by atoms with Gasteiger partial charge in [-0.25, -0.2) is 17.5 Å². The van der Waals surface area contributed by atoms with Gasteiger partial charge in [-0.15, -0.1) is 0 Å². The fourth-order valence-corrected chi connectivity index (χ4v) is 4.63. The van der Waals surface area contributed by atoms with Crippen molar-refractivity contribution in [1.82, 2.24) is 19.8 Å². The van der Waals surface area contributed by atoms with Crippen molar-refractivity contribution in [1.29, 1.82) is 0 Å². The van der Waals surface area contributed by atoms with Gasteiger partial charge in [0, 0.05) is 12.2 Å². The summed E-state index contributed by atoms with van der Waals surface area (Å²) in [6, 6.07) is 8.57. The number of alkyl halides is 3. The predicted molar refractivity (Wildman–Crippen MR) is 116 cm³/mol. The molecule has 2 aromatic carbocycles. The second-order valence-corrected chi connectivity index (χ2v) is 9.35. The van der Waals surface area contributed by atoms with Crippen LogP contribution in [-0.4, -0.2) is 30.1 Å². The third-order valence-electron chi connectivity index (χ3n) is 4.96. The summed E-state index contributed by atoms with van der Waals surface area (Å²) < 4.78 is 83.0. The van der Waals surface area contributed by atoms with Crippen LogP contribution in [0, 0.1) is 19.7 Å². The van der Waals surface area contributed by atoms with Crippen LogP contribution in [0.5, 0.6) is 0 Å². The Bertz CT molecular complexity index is 1320. The minimum absolute atomic E-state index is 0.207. The van der Waals surface area contributed by atoms with Crippen LogP contribution >= 0.6 is 0 Å². The third-order valence-corrected chi connectivity index (χ3v) is 6.53. The molecule has 0 unspecified atom stereocenters. The molecule has 182 valence electrons. The molecule has 0 aliphatic carbocycles. The average molecular weight is 499 g/mol. The summed E-state index contributed by atoms with van der Waals surface area (Å²) in [5.41, 5.74) is 0.337. The molecule has 0 spiro atoms. The number of aromatic nitrogens is 2. The summed E-state index contributed by atoms with van der Waals surface area (Å²) in [6.07, 6.45) is -4.70. The van der Waals surface area contributed by atoms with Crippen molar-refractivity contribution in [3.8, 4) is 5.69 Å². The van der Waals surface area contributed by atoms with E-state index in [1.807, 2.05) is 4.72 Å². The second kappa shape index (κ2) is 9.55. The number of aryl methyl sites for hydroxylation is 2. The van der Waals surface area contributed by atoms with Crippen molar-refractivity contribution < 1.29 is 30.8 Å². The first kappa shape index (κ1) is 25.4. The molecule has 0 aliphatic rings. The normalized spacial score (nSPS) is 13.0. The summed E-state index contributed by atoms with van der Waals surface area (Å²) in [5, 5.41) is 6.48. The molecule has 3 rings (SSSR count). The molecule has 0 saturated heterocycles. The van der Waals surface area contributed by atoms with E-state index in [1.165, 1.54) is 35.9 Å². The van der Waals surface area contributed by atoms with Gasteiger partial charge in [-0.3, -0.25) is 4.79 Å². The lowest BCUT2D eigenvalue weighted by molar-refractivity contribution is -0.138. The molecule has 0 bridgehead atoms. The fraction of sp³-hybridized carbons (Fsp3) is 0.273. The molecule has 1 heterocycles. The smallest absolute Gasteiger partial charge is 0.351 e. The lowest BCUT2D eigenvalue weighted by Gasteiger charge is -2.18. The number of nitrogens with zero attached hydrogens (tertiary/aromatic N) is 2. The summed E-state index contributed by atoms with van der Waals surface area (Å²) in [6.45, 7) is 4.13. The largest absolute Gasteiger partial charge is 0.416 e. The quantitative estimate of drug-likeness (QED) is 0.487. The maximum Gasteiger partial charge on any atom is 0.416 e. The number of hydrogen-bond donors (Lipinski definition) is 2. The van der Waals surface area contributed by atoms with E-state index in [4.69, 9.17) is 0 Å². The maximum absolute atomic E-state index is 13.8. The Balaban J connectivity index is 1.77. The van der Waals surface area contributed by atoms with Gasteiger partial charge in [-0.2, -0.15) is 23.0 Å². The van der Waals surface area contributed by atoms with E-state index in [9.17, 15) is 30.8 Å². The van der Waals surface area contributed by atoms with Crippen molar-refractivity contribution in [2.24, 2.45) is 0 Å². The minimum atomic E-state index is -4.70. The van der Waals surface area contributed by atoms with Crippen molar-refractivity contribution in [3.05, 3.63) is 76.9 Å². The van der Waals surface area contributed by atoms with Crippen LogP contribution in [0.3, 0.4) is 0 Å². The summed E-state index contributed by atoms with van der Waals surface area (Å²) in [7, 11) is -4.36. The van der Waals surface area contributed by atoms with Gasteiger partial charge in [0.15, 0.2) is 0 Å². The lowest BCUT2D eigenvalue weighted by atomic mass is 10.1. The Labute approximate surface area is 193 Å². The topological polar surface area (TPSA) is 93.1 Å². The van der Waals surface area contributed by atoms with Gasteiger partial charge in [0.1, 0.15) is 10.7 Å². The van der Waals surface area contributed by atoms with Crippen LogP contribution in [0.25, 0.3) is 5.69 Å². The molecule has 1 aromatic heterocycles. The molecule has 0 aliphatic heterocycles. The van der Waals surface area contributed by atoms with E-state index in [0.717, 1.165) is 18.2 Å². The maximum atomic E-state index is 13.8. The van der Waals surface area contributed by atoms with E-state index in [-0.39, 0.29) is 11.3 Å². The number of hydrogen-bond acceptors (Lipinski definition) is 4. The number of rotatable bonds is 7. The van der Waals surface area contributed by atoms with E-state index in [1.54, 1.807) is 19.9 Å². The highest BCUT2D eigenvalue weighted by molar-refractivity contribution is 7.89. The SMILES string of the molecule is Cc1cc(C)n(-c2ccc(CNC(=O)[C@H](C)NS(=O)(=O)c3ccccc3F)c(C(F)(F)F)c2)n1. The van der Waals surface area contributed by atoms with Crippen LogP contribution in [0.2, 0.25) is 0 Å². The van der Waals surface area contributed by atoms with E-state index in [0.29, 0.717) is 11.4 Å². The Morgan fingerprint density at radius 3 is 2.38 bits per heavy atom. The van der Waals surface area contributed by atoms with Crippen LogP contribution in [0.4, 0.5) is 17.6 Å². The molecule has 12 heteroatoms. The Morgan fingerprint density at radius 1 is 1.12 bits per heavy atom. The second-order valence-electron chi connectivity index (χ2n) is 7.67. The summed E-state index contributed by atoms with van der Waals surface area (Å²) in [5.74, 6) is -1.88. The number of carbonyl (C=O) groups is 1. The Morgan fingerprint density at radius 2 is 1.79 bits per heavy atom. The summed E-state index contributed by atoms with van der Waals surface area (Å²) in [4.78, 5) is 11.7. The third kappa shape index (κ3) is 5.62. The van der Waals surface area contributed by atoms with Crippen molar-refractivity contribution in [2.75, 3.05) is 0 Å². The zero-order valence-electron chi connectivity index (χ0n) is 18.4. The molecule has 3 aromatic rings. The van der Waals surface area contributed by atoms with Gasteiger partial charge in [-0.05, 0) is 56.7 Å². The lowest BCUT2D eigenvalue weighted by Crippen LogP contribution is -2.44. The first-order chi connectivity index (χ1) is 15.8. The number of carbonyl (C=O) groups excluding carboxylic acids is 1. The van der Waals surface area contributed by atoms with Gasteiger partial charge in [0.05, 0.1) is 23.0 Å². The molecule has 1 amide bonds. The molecule has 0 fully saturated rings. The molecular weight excluding hydrogens is 476 g/mol. The van der Waals surface area contributed by atoms with E-state index < -0.39 is 51.0 Å². The molecule has 2 N–H and O–H groups in total. The van der Waals surface area contributed by atoms with Gasteiger partial charge < -0.3 is 5.32 Å². The van der Waals surface area contributed by atoms with Crippen molar-refractivity contribution in [2.45, 2.75) is 44.4 Å². The zero-order chi connectivity index (χ0) is 25.3. The first-order valence-electron chi connectivity index (χ1n) is 10.1. The average Bonchev–Trinajstić information content (AvgIpc) is 3.09. The van der Waals surface area contributed by atoms with Crippen molar-refractivity contribution >= 4 is 15.9 Å². The van der Waals surface area contributed by atoms with E-state index >= 15 is 0 Å². The number of nitrogens with one attached hydrogen (secondary N) is 2. The number of benzene rings is 2. The molecule has 0 radical (unpaired) electrons. The first-order valence-corrected chi connectivity index (χ1v) is 11.6. The van der Waals surface area contributed by atoms with E-state index in [2.05, 4.69) is 10.4 Å². The predicted octanol–water partition coefficient (Wildman–Crippen LogP) is 3.63. The molecule has 34 heavy (non-hydrogen) atoms. The fourth-order valence-electron chi connectivity index (χ4n) is 3.35. The van der Waals surface area contributed by atoms with Gasteiger partial charge >= 0.3 is 6.18 Å². The Kier molecular flexibility index (Phi) is 7.13. The highest BCUT2D eigenvalue weighted by atomic mass is 32.2. The van der Waals surface area contributed by atoms with Gasteiger partial charge in [-0.1, -0.05) is 18.2 Å². The highest BCUT2D eigenvalue weighted by Gasteiger charge is 2.34. The number of halogens is 4. The number of amides is 1. The van der Waals surface area contributed by atoms with Crippen LogP contribution in [0.15, 0.2) is 53.4 Å². The number of sulfonamides is 1. The highest BCUT2D eigenvalue weighted by Crippen LogP contribution is 2.33. The van der Waals surface area contributed by atoms with Crippen molar-refractivity contribution in [3.63, 3.8) is 0 Å². The van der Waals surface area contributed by atoms with Gasteiger partial charge in [0.25, 0.3) is 0 Å². The van der Waals surface area contributed by atoms with Crippen LogP contribution < -0.4 is 10.0 Å². The summed E-state index contributed by atoms with van der Waals surface area (Å²) >= 11 is 0. The molecular formula is C22H22F4N4O3S. The Hall–Kier alpha value is -3.25. The standard InChI is InChI=1S/C22H22F4N4O3S/c1-13-10-14(2)30(28-13)17-9-8-16(18(11-17)22(24,25)26)12-27-21(31)15(3)29-34(32,33)20-7-5-4-6-19(20)23/h4-11,15,29H,12H2,1-3H3,(H,27,31)/t15-/m0/s1. The monoisotopic (exact) mass is 498 g/mol. The zero-order valence-corrected chi connectivity index (χ0v) is 19.3.